The Kier molecular flexibility index (Phi) is 3.41. The number of imidazole rings is 1. The van der Waals surface area contributed by atoms with Crippen molar-refractivity contribution in [2.24, 2.45) is 0 Å². The lowest BCUT2D eigenvalue weighted by molar-refractivity contribution is -0.688. The van der Waals surface area contributed by atoms with Crippen LogP contribution in [0, 0.1) is 0 Å². The number of nitrogens with zero attached hydrogens (tertiary/aromatic N) is 2. The molecule has 2 rings (SSSR count). The van der Waals surface area contributed by atoms with Gasteiger partial charge in [-0.2, -0.15) is 0 Å². The first-order valence-electron chi connectivity index (χ1n) is 6.19. The quantitative estimate of drug-likeness (QED) is 0.760. The molecule has 96 valence electrons. The molecule has 0 N–H and O–H groups in total. The maximum atomic E-state index is 5.16. The Hall–Kier alpha value is -1.77. The van der Waals surface area contributed by atoms with E-state index in [9.17, 15) is 0 Å². The number of methoxy groups -OCH3 is 1. The van der Waals surface area contributed by atoms with Gasteiger partial charge in [-0.15, -0.1) is 0 Å². The maximum Gasteiger partial charge on any atom is 0.244 e. The lowest BCUT2D eigenvalue weighted by atomic mass is 10.1. The molecule has 0 unspecified atom stereocenters. The molecule has 0 saturated heterocycles. The normalized spacial score (nSPS) is 11.6. The smallest absolute Gasteiger partial charge is 0.244 e. The van der Waals surface area contributed by atoms with E-state index in [4.69, 9.17) is 4.74 Å². The van der Waals surface area contributed by atoms with Crippen LogP contribution in [0.15, 0.2) is 43.0 Å². The lowest BCUT2D eigenvalue weighted by Gasteiger charge is -2.13. The summed E-state index contributed by atoms with van der Waals surface area (Å²) in [6.45, 7) is 7.48. The van der Waals surface area contributed by atoms with Crippen molar-refractivity contribution in [2.45, 2.75) is 32.9 Å². The Morgan fingerprint density at radius 1 is 1.17 bits per heavy atom. The second-order valence-electron chi connectivity index (χ2n) is 5.51. The van der Waals surface area contributed by atoms with Gasteiger partial charge in [-0.1, -0.05) is 12.1 Å². The molecule has 0 atom stereocenters. The third kappa shape index (κ3) is 2.92. The highest BCUT2D eigenvalue weighted by Gasteiger charge is 2.18. The standard InChI is InChI=1S/C15H21N2O/c1-15(2,3)17-10-9-16(12-17)11-13-5-7-14(18-4)8-6-13/h5-10,12H,11H2,1-4H3/q+1. The van der Waals surface area contributed by atoms with Crippen LogP contribution in [-0.2, 0) is 12.1 Å². The number of hydrogen-bond donors (Lipinski definition) is 0. The first-order valence-corrected chi connectivity index (χ1v) is 6.19. The second kappa shape index (κ2) is 4.84. The summed E-state index contributed by atoms with van der Waals surface area (Å²) in [5, 5.41) is 0. The fraction of sp³-hybridized carbons (Fsp3) is 0.400. The van der Waals surface area contributed by atoms with Crippen LogP contribution in [0.3, 0.4) is 0 Å². The van der Waals surface area contributed by atoms with E-state index >= 15 is 0 Å². The average molecular weight is 245 g/mol. The Bertz CT molecular complexity index is 506. The van der Waals surface area contributed by atoms with Crippen LogP contribution >= 0.6 is 0 Å². The molecule has 0 amide bonds. The van der Waals surface area contributed by atoms with Gasteiger partial charge in [-0.05, 0) is 38.5 Å². The van der Waals surface area contributed by atoms with Crippen molar-refractivity contribution in [1.29, 1.82) is 0 Å². The van der Waals surface area contributed by atoms with E-state index in [0.717, 1.165) is 12.3 Å². The number of hydrogen-bond acceptors (Lipinski definition) is 1. The van der Waals surface area contributed by atoms with Crippen LogP contribution in [0.2, 0.25) is 0 Å². The molecule has 3 heteroatoms. The minimum atomic E-state index is 0.130. The molecule has 0 aliphatic heterocycles. The van der Waals surface area contributed by atoms with Gasteiger partial charge in [-0.3, -0.25) is 0 Å². The zero-order valence-corrected chi connectivity index (χ0v) is 11.6. The summed E-state index contributed by atoms with van der Waals surface area (Å²) in [5.41, 5.74) is 1.40. The van der Waals surface area contributed by atoms with E-state index in [1.165, 1.54) is 5.56 Å². The van der Waals surface area contributed by atoms with Gasteiger partial charge in [0.25, 0.3) is 0 Å². The molecule has 1 aromatic heterocycles. The van der Waals surface area contributed by atoms with E-state index in [1.807, 2.05) is 12.1 Å². The Labute approximate surface area is 109 Å². The maximum absolute atomic E-state index is 5.16. The van der Waals surface area contributed by atoms with E-state index in [2.05, 4.69) is 60.8 Å². The Morgan fingerprint density at radius 3 is 2.33 bits per heavy atom. The van der Waals surface area contributed by atoms with Crippen molar-refractivity contribution < 1.29 is 9.30 Å². The number of rotatable bonds is 3. The number of benzene rings is 1. The molecule has 18 heavy (non-hydrogen) atoms. The highest BCUT2D eigenvalue weighted by Crippen LogP contribution is 2.13. The van der Waals surface area contributed by atoms with Gasteiger partial charge in [0.2, 0.25) is 6.33 Å². The van der Waals surface area contributed by atoms with Gasteiger partial charge in [0.1, 0.15) is 30.2 Å². The zero-order valence-electron chi connectivity index (χ0n) is 11.6. The molecule has 3 nitrogen and oxygen atoms in total. The topological polar surface area (TPSA) is 18.0 Å². The van der Waals surface area contributed by atoms with Crippen molar-refractivity contribution in [3.8, 4) is 5.75 Å². The third-order valence-electron chi connectivity index (χ3n) is 2.99. The average Bonchev–Trinajstić information content (AvgIpc) is 2.78. The molecule has 1 heterocycles. The zero-order chi connectivity index (χ0) is 13.2. The summed E-state index contributed by atoms with van der Waals surface area (Å²) in [6.07, 6.45) is 6.36. The summed E-state index contributed by atoms with van der Waals surface area (Å²) in [5.74, 6) is 0.899. The van der Waals surface area contributed by atoms with E-state index < -0.39 is 0 Å². The molecule has 0 saturated carbocycles. The minimum absolute atomic E-state index is 0.130. The molecule has 0 fully saturated rings. The molecule has 0 aliphatic carbocycles. The van der Waals surface area contributed by atoms with Crippen molar-refractivity contribution in [3.05, 3.63) is 48.5 Å². The fourth-order valence-corrected chi connectivity index (χ4v) is 1.83. The molecule has 0 radical (unpaired) electrons. The molecule has 0 bridgehead atoms. The van der Waals surface area contributed by atoms with Crippen molar-refractivity contribution in [2.75, 3.05) is 7.11 Å². The minimum Gasteiger partial charge on any atom is -0.497 e. The first-order chi connectivity index (χ1) is 8.49. The summed E-state index contributed by atoms with van der Waals surface area (Å²) in [4.78, 5) is 0. The first kappa shape index (κ1) is 12.7. The highest BCUT2D eigenvalue weighted by atomic mass is 16.5. The molecule has 2 aromatic rings. The van der Waals surface area contributed by atoms with Gasteiger partial charge < -0.3 is 4.74 Å². The molecular formula is C15H21N2O+. The molecular weight excluding hydrogens is 224 g/mol. The summed E-state index contributed by atoms with van der Waals surface area (Å²) >= 11 is 0. The summed E-state index contributed by atoms with van der Waals surface area (Å²) in [6, 6.07) is 8.19. The molecule has 0 aliphatic rings. The third-order valence-corrected chi connectivity index (χ3v) is 2.99. The number of ether oxygens (including phenoxy) is 1. The predicted octanol–water partition coefficient (Wildman–Crippen LogP) is 2.59. The van der Waals surface area contributed by atoms with Crippen LogP contribution in [0.5, 0.6) is 5.75 Å². The van der Waals surface area contributed by atoms with E-state index in [1.54, 1.807) is 7.11 Å². The second-order valence-corrected chi connectivity index (χ2v) is 5.51. The van der Waals surface area contributed by atoms with Crippen molar-refractivity contribution >= 4 is 0 Å². The van der Waals surface area contributed by atoms with Crippen molar-refractivity contribution in [1.82, 2.24) is 4.57 Å². The molecule has 0 spiro atoms. The highest BCUT2D eigenvalue weighted by molar-refractivity contribution is 5.26. The SMILES string of the molecule is COc1ccc(C[n+]2ccn(C(C)(C)C)c2)cc1. The Morgan fingerprint density at radius 2 is 1.83 bits per heavy atom. The number of aromatic nitrogens is 2. The van der Waals surface area contributed by atoms with Crippen LogP contribution in [0.4, 0.5) is 0 Å². The lowest BCUT2D eigenvalue weighted by Crippen LogP contribution is -2.33. The molecule has 1 aromatic carbocycles. The van der Waals surface area contributed by atoms with Gasteiger partial charge in [0, 0.05) is 0 Å². The van der Waals surface area contributed by atoms with Crippen LogP contribution < -0.4 is 9.30 Å². The Balaban J connectivity index is 2.11. The predicted molar refractivity (Wildman–Crippen MR) is 71.7 cm³/mol. The summed E-state index contributed by atoms with van der Waals surface area (Å²) < 4.78 is 9.56. The van der Waals surface area contributed by atoms with Crippen molar-refractivity contribution in [3.63, 3.8) is 0 Å². The van der Waals surface area contributed by atoms with E-state index in [-0.39, 0.29) is 5.54 Å². The van der Waals surface area contributed by atoms with Crippen LogP contribution in [0.1, 0.15) is 26.3 Å². The van der Waals surface area contributed by atoms with Gasteiger partial charge >= 0.3 is 0 Å². The summed E-state index contributed by atoms with van der Waals surface area (Å²) in [7, 11) is 1.69. The van der Waals surface area contributed by atoms with Gasteiger partial charge in [-0.25, -0.2) is 9.13 Å². The van der Waals surface area contributed by atoms with Gasteiger partial charge in [0.15, 0.2) is 0 Å². The fourth-order valence-electron chi connectivity index (χ4n) is 1.83. The van der Waals surface area contributed by atoms with Crippen LogP contribution in [-0.4, -0.2) is 11.7 Å². The van der Waals surface area contributed by atoms with Crippen LogP contribution in [0.25, 0.3) is 0 Å². The monoisotopic (exact) mass is 245 g/mol. The largest absolute Gasteiger partial charge is 0.497 e. The van der Waals surface area contributed by atoms with E-state index in [0.29, 0.717) is 0 Å². The van der Waals surface area contributed by atoms with Gasteiger partial charge in [0.05, 0.1) is 7.11 Å².